The topological polar surface area (TPSA) is 29.5 Å². The monoisotopic (exact) mass is 353 g/mol. The maximum absolute atomic E-state index is 12.9. The number of carbonyl (C=O) groups excluding carboxylic acids is 1. The number of ether oxygens (including phenoxy) is 1. The number of benzene rings is 2. The van der Waals surface area contributed by atoms with Crippen molar-refractivity contribution >= 4 is 5.78 Å². The number of likely N-dealkylation sites (tertiary alicyclic amines) is 1. The van der Waals surface area contributed by atoms with Crippen LogP contribution < -0.4 is 4.74 Å². The number of piperidine rings is 1. The van der Waals surface area contributed by atoms with E-state index in [2.05, 4.69) is 23.1 Å². The van der Waals surface area contributed by atoms with Gasteiger partial charge in [0.15, 0.2) is 5.78 Å². The Morgan fingerprint density at radius 1 is 1.08 bits per heavy atom. The molecule has 2 aromatic rings. The number of hydrogen-bond donors (Lipinski definition) is 0. The lowest BCUT2D eigenvalue weighted by Gasteiger charge is -2.38. The minimum Gasteiger partial charge on any atom is -0.492 e. The number of halogens is 1. The van der Waals surface area contributed by atoms with Crippen molar-refractivity contribution in [3.8, 4) is 5.75 Å². The molecule has 4 heteroatoms. The average Bonchev–Trinajstić information content (AvgIpc) is 3.03. The Labute approximate surface area is 153 Å². The molecule has 1 fully saturated rings. The average molecular weight is 353 g/mol. The number of carbonyl (C=O) groups is 1. The first kappa shape index (κ1) is 17.2. The third-order valence-corrected chi connectivity index (χ3v) is 5.82. The molecule has 1 spiro atoms. The highest BCUT2D eigenvalue weighted by Gasteiger charge is 2.42. The molecule has 0 unspecified atom stereocenters. The molecule has 2 heterocycles. The fraction of sp³-hybridized carbons (Fsp3) is 0.409. The van der Waals surface area contributed by atoms with Gasteiger partial charge in [-0.15, -0.1) is 0 Å². The lowest BCUT2D eigenvalue weighted by atomic mass is 9.74. The summed E-state index contributed by atoms with van der Waals surface area (Å²) in [4.78, 5) is 14.6. The Morgan fingerprint density at radius 2 is 1.81 bits per heavy atom. The van der Waals surface area contributed by atoms with Gasteiger partial charge in [-0.3, -0.25) is 4.79 Å². The Hall–Kier alpha value is -2.20. The van der Waals surface area contributed by atoms with Crippen molar-refractivity contribution in [2.45, 2.75) is 31.1 Å². The highest BCUT2D eigenvalue weighted by atomic mass is 19.1. The summed E-state index contributed by atoms with van der Waals surface area (Å²) in [5.74, 6) is 0.837. The largest absolute Gasteiger partial charge is 0.492 e. The normalized spacial score (nSPS) is 18.5. The van der Waals surface area contributed by atoms with Crippen LogP contribution in [-0.4, -0.2) is 36.9 Å². The fourth-order valence-corrected chi connectivity index (χ4v) is 4.19. The van der Waals surface area contributed by atoms with E-state index in [4.69, 9.17) is 4.74 Å². The molecule has 0 bridgehead atoms. The van der Waals surface area contributed by atoms with Crippen LogP contribution in [0.25, 0.3) is 0 Å². The highest BCUT2D eigenvalue weighted by Crippen LogP contribution is 2.45. The molecule has 0 aliphatic carbocycles. The van der Waals surface area contributed by atoms with Crippen LogP contribution >= 0.6 is 0 Å². The van der Waals surface area contributed by atoms with Gasteiger partial charge >= 0.3 is 0 Å². The molecule has 0 atom stereocenters. The van der Waals surface area contributed by atoms with Gasteiger partial charge in [0.1, 0.15) is 11.6 Å². The molecule has 0 amide bonds. The lowest BCUT2D eigenvalue weighted by Crippen LogP contribution is -2.43. The Kier molecular flexibility index (Phi) is 4.77. The van der Waals surface area contributed by atoms with E-state index in [0.717, 1.165) is 51.3 Å². The third-order valence-electron chi connectivity index (χ3n) is 5.82. The van der Waals surface area contributed by atoms with E-state index in [9.17, 15) is 9.18 Å². The van der Waals surface area contributed by atoms with Crippen LogP contribution in [0.4, 0.5) is 4.39 Å². The van der Waals surface area contributed by atoms with Crippen molar-refractivity contribution in [1.82, 2.24) is 4.90 Å². The molecule has 1 saturated heterocycles. The molecular formula is C22H24FNO2. The maximum atomic E-state index is 12.9. The molecule has 26 heavy (non-hydrogen) atoms. The summed E-state index contributed by atoms with van der Waals surface area (Å²) in [6.45, 7) is 3.82. The van der Waals surface area contributed by atoms with Gasteiger partial charge in [-0.2, -0.15) is 0 Å². The molecular weight excluding hydrogens is 329 g/mol. The van der Waals surface area contributed by atoms with E-state index in [-0.39, 0.29) is 17.0 Å². The number of rotatable bonds is 5. The number of ketones is 1. The van der Waals surface area contributed by atoms with Gasteiger partial charge in [0.25, 0.3) is 0 Å². The zero-order chi connectivity index (χ0) is 18.0. The molecule has 0 N–H and O–H groups in total. The Balaban J connectivity index is 1.26. The van der Waals surface area contributed by atoms with Gasteiger partial charge in [0.05, 0.1) is 6.61 Å². The van der Waals surface area contributed by atoms with Crippen molar-refractivity contribution in [2.75, 3.05) is 26.2 Å². The molecule has 0 saturated carbocycles. The van der Waals surface area contributed by atoms with E-state index < -0.39 is 0 Å². The second-order valence-corrected chi connectivity index (χ2v) is 7.44. The predicted octanol–water partition coefficient (Wildman–Crippen LogP) is 4.21. The van der Waals surface area contributed by atoms with Crippen molar-refractivity contribution in [3.05, 3.63) is 65.5 Å². The minimum atomic E-state index is -0.304. The van der Waals surface area contributed by atoms with Gasteiger partial charge in [-0.1, -0.05) is 18.2 Å². The van der Waals surface area contributed by atoms with Gasteiger partial charge in [-0.25, -0.2) is 4.39 Å². The van der Waals surface area contributed by atoms with Crippen LogP contribution in [0.2, 0.25) is 0 Å². The van der Waals surface area contributed by atoms with Gasteiger partial charge in [-0.05, 0) is 69.2 Å². The van der Waals surface area contributed by atoms with Crippen LogP contribution in [0.5, 0.6) is 5.75 Å². The smallest absolute Gasteiger partial charge is 0.162 e. The summed E-state index contributed by atoms with van der Waals surface area (Å²) in [7, 11) is 0. The second-order valence-electron chi connectivity index (χ2n) is 7.44. The van der Waals surface area contributed by atoms with Crippen LogP contribution in [0.1, 0.15) is 41.6 Å². The van der Waals surface area contributed by atoms with E-state index >= 15 is 0 Å². The van der Waals surface area contributed by atoms with Gasteiger partial charge in [0.2, 0.25) is 0 Å². The number of nitrogens with zero attached hydrogens (tertiary/aromatic N) is 1. The summed E-state index contributed by atoms with van der Waals surface area (Å²) < 4.78 is 18.8. The van der Waals surface area contributed by atoms with Gasteiger partial charge in [0, 0.05) is 23.0 Å². The van der Waals surface area contributed by atoms with Crippen molar-refractivity contribution in [3.63, 3.8) is 0 Å². The molecule has 4 rings (SSSR count). The molecule has 0 aromatic heterocycles. The molecule has 0 radical (unpaired) electrons. The first-order valence-corrected chi connectivity index (χ1v) is 9.40. The minimum absolute atomic E-state index is 0.0941. The molecule has 2 aliphatic rings. The summed E-state index contributed by atoms with van der Waals surface area (Å²) in [6.07, 6.45) is 3.57. The number of para-hydroxylation sites is 1. The fourth-order valence-electron chi connectivity index (χ4n) is 4.19. The van der Waals surface area contributed by atoms with E-state index in [1.165, 1.54) is 17.7 Å². The summed E-state index contributed by atoms with van der Waals surface area (Å²) >= 11 is 0. The van der Waals surface area contributed by atoms with E-state index in [1.807, 2.05) is 6.07 Å². The molecule has 3 nitrogen and oxygen atoms in total. The third kappa shape index (κ3) is 3.38. The summed E-state index contributed by atoms with van der Waals surface area (Å²) in [6, 6.07) is 14.2. The number of hydrogen-bond acceptors (Lipinski definition) is 3. The first-order valence-electron chi connectivity index (χ1n) is 9.40. The van der Waals surface area contributed by atoms with Crippen molar-refractivity contribution in [2.24, 2.45) is 0 Å². The number of Topliss-reactive ketones (excluding diaryl/α,β-unsaturated/α-hetero) is 1. The van der Waals surface area contributed by atoms with Crippen LogP contribution in [0, 0.1) is 5.82 Å². The quantitative estimate of drug-likeness (QED) is 0.754. The first-order chi connectivity index (χ1) is 12.7. The SMILES string of the molecule is O=C(CCCN1CCC2(CC1)COc1ccccc12)c1ccc(F)cc1. The Morgan fingerprint density at radius 3 is 2.58 bits per heavy atom. The molecule has 136 valence electrons. The zero-order valence-electron chi connectivity index (χ0n) is 14.9. The van der Waals surface area contributed by atoms with Crippen molar-refractivity contribution in [1.29, 1.82) is 0 Å². The standard InChI is InChI=1S/C22H24FNO2/c23-18-9-7-17(8-10-18)20(25)5-3-13-24-14-11-22(12-15-24)16-26-21-6-2-1-4-19(21)22/h1-2,4,6-10H,3,5,11-16H2. The lowest BCUT2D eigenvalue weighted by molar-refractivity contribution is 0.0963. The van der Waals surface area contributed by atoms with Gasteiger partial charge < -0.3 is 9.64 Å². The van der Waals surface area contributed by atoms with Crippen LogP contribution in [-0.2, 0) is 5.41 Å². The second kappa shape index (κ2) is 7.20. The summed E-state index contributed by atoms with van der Waals surface area (Å²) in [5.41, 5.74) is 2.15. The van der Waals surface area contributed by atoms with E-state index in [1.54, 1.807) is 12.1 Å². The predicted molar refractivity (Wildman–Crippen MR) is 99.3 cm³/mol. The van der Waals surface area contributed by atoms with Crippen LogP contribution in [0.15, 0.2) is 48.5 Å². The summed E-state index contributed by atoms with van der Waals surface area (Å²) in [5, 5.41) is 0. The van der Waals surface area contributed by atoms with Crippen LogP contribution in [0.3, 0.4) is 0 Å². The molecule has 2 aliphatic heterocycles. The zero-order valence-corrected chi connectivity index (χ0v) is 14.9. The van der Waals surface area contributed by atoms with Crippen molar-refractivity contribution < 1.29 is 13.9 Å². The number of fused-ring (bicyclic) bond motifs is 2. The van der Waals surface area contributed by atoms with E-state index in [0.29, 0.717) is 12.0 Å². The molecule has 2 aromatic carbocycles. The Bertz CT molecular complexity index is 779. The highest BCUT2D eigenvalue weighted by molar-refractivity contribution is 5.95. The maximum Gasteiger partial charge on any atom is 0.162 e.